The molecule has 2 rings (SSSR count). The number of rotatable bonds is 4. The zero-order valence-electron chi connectivity index (χ0n) is 9.37. The lowest BCUT2D eigenvalue weighted by molar-refractivity contribution is 0.0925. The molecular formula is C11H16Cl2N2O2. The number of carbonyl (C=O) groups is 1. The molecule has 0 aliphatic carbocycles. The van der Waals surface area contributed by atoms with Crippen LogP contribution in [-0.2, 0) is 0 Å². The van der Waals surface area contributed by atoms with E-state index >= 15 is 0 Å². The molecule has 1 aromatic rings. The van der Waals surface area contributed by atoms with Crippen molar-refractivity contribution in [3.8, 4) is 0 Å². The maximum atomic E-state index is 11.5. The van der Waals surface area contributed by atoms with Gasteiger partial charge in [0.2, 0.25) is 0 Å². The largest absolute Gasteiger partial charge is 0.440 e. The van der Waals surface area contributed by atoms with Gasteiger partial charge in [0.05, 0.1) is 0 Å². The number of amides is 1. The Balaban J connectivity index is 0.00000144. The molecule has 96 valence electrons. The molecule has 1 amide bonds. The molecule has 4 nitrogen and oxygen atoms in total. The van der Waals surface area contributed by atoms with E-state index in [2.05, 4.69) is 10.6 Å². The summed E-state index contributed by atoms with van der Waals surface area (Å²) < 4.78 is 5.01. The van der Waals surface area contributed by atoms with Gasteiger partial charge >= 0.3 is 0 Å². The second-order valence-electron chi connectivity index (χ2n) is 3.94. The van der Waals surface area contributed by atoms with E-state index in [9.17, 15) is 4.79 Å². The van der Waals surface area contributed by atoms with Crippen molar-refractivity contribution in [2.45, 2.75) is 25.3 Å². The summed E-state index contributed by atoms with van der Waals surface area (Å²) in [5, 5.41) is 6.42. The van der Waals surface area contributed by atoms with Crippen molar-refractivity contribution in [1.82, 2.24) is 10.6 Å². The minimum atomic E-state index is -0.204. The van der Waals surface area contributed by atoms with Crippen LogP contribution in [0.5, 0.6) is 0 Å². The lowest BCUT2D eigenvalue weighted by Gasteiger charge is -2.09. The third-order valence-electron chi connectivity index (χ3n) is 2.74. The summed E-state index contributed by atoms with van der Waals surface area (Å²) in [6, 6.07) is 3.68. The van der Waals surface area contributed by atoms with Crippen LogP contribution in [0.25, 0.3) is 0 Å². The fraction of sp³-hybridized carbons (Fsp3) is 0.545. The first kappa shape index (κ1) is 14.4. The molecule has 0 saturated carbocycles. The average Bonchev–Trinajstić information content (AvgIpc) is 2.89. The predicted molar refractivity (Wildman–Crippen MR) is 68.9 cm³/mol. The maximum Gasteiger partial charge on any atom is 0.287 e. The second-order valence-corrected chi connectivity index (χ2v) is 4.31. The van der Waals surface area contributed by atoms with Gasteiger partial charge in [-0.1, -0.05) is 0 Å². The molecule has 0 radical (unpaired) electrons. The number of hydrogen-bond donors (Lipinski definition) is 2. The predicted octanol–water partition coefficient (Wildman–Crippen LogP) is 2.23. The van der Waals surface area contributed by atoms with Crippen molar-refractivity contribution < 1.29 is 9.21 Å². The van der Waals surface area contributed by atoms with Gasteiger partial charge < -0.3 is 15.1 Å². The van der Waals surface area contributed by atoms with E-state index in [4.69, 9.17) is 16.0 Å². The van der Waals surface area contributed by atoms with E-state index in [0.29, 0.717) is 12.6 Å². The topological polar surface area (TPSA) is 54.3 Å². The smallest absolute Gasteiger partial charge is 0.287 e. The fourth-order valence-corrected chi connectivity index (χ4v) is 2.03. The molecule has 1 aliphatic rings. The lowest BCUT2D eigenvalue weighted by atomic mass is 10.1. The Bertz CT molecular complexity index is 362. The summed E-state index contributed by atoms with van der Waals surface area (Å²) in [6.45, 7) is 1.75. The monoisotopic (exact) mass is 278 g/mol. The molecule has 6 heteroatoms. The summed E-state index contributed by atoms with van der Waals surface area (Å²) >= 11 is 5.59. The van der Waals surface area contributed by atoms with Crippen LogP contribution in [0.2, 0.25) is 5.22 Å². The van der Waals surface area contributed by atoms with E-state index in [0.717, 1.165) is 13.0 Å². The van der Waals surface area contributed by atoms with Gasteiger partial charge in [-0.2, -0.15) is 0 Å². The van der Waals surface area contributed by atoms with Gasteiger partial charge in [0.25, 0.3) is 5.91 Å². The van der Waals surface area contributed by atoms with Gasteiger partial charge in [0.1, 0.15) is 0 Å². The Kier molecular flexibility index (Phi) is 5.82. The van der Waals surface area contributed by atoms with Crippen LogP contribution in [0.1, 0.15) is 29.8 Å². The quantitative estimate of drug-likeness (QED) is 0.888. The Hall–Kier alpha value is -0.710. The first-order chi connectivity index (χ1) is 7.75. The van der Waals surface area contributed by atoms with Gasteiger partial charge in [-0.15, -0.1) is 12.4 Å². The molecule has 17 heavy (non-hydrogen) atoms. The molecule has 0 aromatic carbocycles. The van der Waals surface area contributed by atoms with Crippen LogP contribution < -0.4 is 10.6 Å². The Morgan fingerprint density at radius 1 is 1.59 bits per heavy atom. The zero-order valence-corrected chi connectivity index (χ0v) is 10.9. The summed E-state index contributed by atoms with van der Waals surface area (Å²) in [4.78, 5) is 11.5. The van der Waals surface area contributed by atoms with Crippen LogP contribution >= 0.6 is 24.0 Å². The van der Waals surface area contributed by atoms with E-state index in [1.165, 1.54) is 12.8 Å². The highest BCUT2D eigenvalue weighted by atomic mass is 35.5. The summed E-state index contributed by atoms with van der Waals surface area (Å²) in [7, 11) is 0. The molecule has 1 fully saturated rings. The van der Waals surface area contributed by atoms with Gasteiger partial charge in [0, 0.05) is 12.6 Å². The molecule has 1 aromatic heterocycles. The number of nitrogens with one attached hydrogen (secondary N) is 2. The second kappa shape index (κ2) is 6.89. The SMILES string of the molecule is Cl.O=C(NCC[C@H]1CCCN1)c1ccc(Cl)o1. The zero-order chi connectivity index (χ0) is 11.4. The van der Waals surface area contributed by atoms with Gasteiger partial charge in [-0.3, -0.25) is 4.79 Å². The highest BCUT2D eigenvalue weighted by molar-refractivity contribution is 6.29. The van der Waals surface area contributed by atoms with Crippen LogP contribution in [0.4, 0.5) is 0 Å². The molecule has 1 aliphatic heterocycles. The number of halogens is 2. The van der Waals surface area contributed by atoms with Crippen molar-refractivity contribution in [2.75, 3.05) is 13.1 Å². The summed E-state index contributed by atoms with van der Waals surface area (Å²) in [5.41, 5.74) is 0. The minimum Gasteiger partial charge on any atom is -0.440 e. The van der Waals surface area contributed by atoms with Crippen molar-refractivity contribution in [1.29, 1.82) is 0 Å². The van der Waals surface area contributed by atoms with E-state index in [-0.39, 0.29) is 29.3 Å². The van der Waals surface area contributed by atoms with Gasteiger partial charge in [-0.05, 0) is 49.5 Å². The minimum absolute atomic E-state index is 0. The van der Waals surface area contributed by atoms with Crippen molar-refractivity contribution in [3.63, 3.8) is 0 Å². The van der Waals surface area contributed by atoms with Crippen LogP contribution in [-0.4, -0.2) is 25.0 Å². The highest BCUT2D eigenvalue weighted by Crippen LogP contribution is 2.13. The number of hydrogen-bond acceptors (Lipinski definition) is 3. The van der Waals surface area contributed by atoms with E-state index in [1.807, 2.05) is 0 Å². The number of furan rings is 1. The molecular weight excluding hydrogens is 263 g/mol. The van der Waals surface area contributed by atoms with Crippen LogP contribution in [0.3, 0.4) is 0 Å². The molecule has 2 N–H and O–H groups in total. The van der Waals surface area contributed by atoms with Crippen molar-refractivity contribution in [2.24, 2.45) is 0 Å². The van der Waals surface area contributed by atoms with Crippen LogP contribution in [0, 0.1) is 0 Å². The average molecular weight is 279 g/mol. The molecule has 0 spiro atoms. The molecule has 1 saturated heterocycles. The maximum absolute atomic E-state index is 11.5. The van der Waals surface area contributed by atoms with Gasteiger partial charge in [0.15, 0.2) is 11.0 Å². The lowest BCUT2D eigenvalue weighted by Crippen LogP contribution is -2.30. The van der Waals surface area contributed by atoms with Gasteiger partial charge in [-0.25, -0.2) is 0 Å². The highest BCUT2D eigenvalue weighted by Gasteiger charge is 2.15. The first-order valence-electron chi connectivity index (χ1n) is 5.52. The third kappa shape index (κ3) is 4.22. The fourth-order valence-electron chi connectivity index (χ4n) is 1.89. The standard InChI is InChI=1S/C11H15ClN2O2.ClH/c12-10-4-3-9(16-10)11(15)14-7-5-8-2-1-6-13-8;/h3-4,8,13H,1-2,5-7H2,(H,14,15);1H/t8-;/m1./s1. The van der Waals surface area contributed by atoms with Crippen molar-refractivity contribution in [3.05, 3.63) is 23.1 Å². The molecule has 0 unspecified atom stereocenters. The van der Waals surface area contributed by atoms with Crippen LogP contribution in [0.15, 0.2) is 16.5 Å². The van der Waals surface area contributed by atoms with E-state index in [1.54, 1.807) is 12.1 Å². The Labute approximate surface area is 111 Å². The molecule has 2 heterocycles. The summed E-state index contributed by atoms with van der Waals surface area (Å²) in [5.74, 6) is 0.0641. The Morgan fingerprint density at radius 2 is 2.41 bits per heavy atom. The molecule has 1 atom stereocenters. The first-order valence-corrected chi connectivity index (χ1v) is 5.90. The van der Waals surface area contributed by atoms with Crippen molar-refractivity contribution >= 4 is 29.9 Å². The number of carbonyl (C=O) groups excluding carboxylic acids is 1. The Morgan fingerprint density at radius 3 is 3.00 bits per heavy atom. The van der Waals surface area contributed by atoms with E-state index < -0.39 is 0 Å². The third-order valence-corrected chi connectivity index (χ3v) is 2.94. The molecule has 0 bridgehead atoms. The normalized spacial score (nSPS) is 18.8. The summed E-state index contributed by atoms with van der Waals surface area (Å²) in [6.07, 6.45) is 3.38.